The first kappa shape index (κ1) is 9.85. The van der Waals surface area contributed by atoms with Crippen LogP contribution in [0.25, 0.3) is 5.57 Å². The van der Waals surface area contributed by atoms with Crippen LogP contribution in [0.3, 0.4) is 0 Å². The summed E-state index contributed by atoms with van der Waals surface area (Å²) in [6.07, 6.45) is 1.03. The van der Waals surface area contributed by atoms with E-state index < -0.39 is 0 Å². The van der Waals surface area contributed by atoms with Crippen molar-refractivity contribution >= 4 is 5.57 Å². The van der Waals surface area contributed by atoms with Crippen molar-refractivity contribution in [3.05, 3.63) is 35.9 Å². The highest BCUT2D eigenvalue weighted by atomic mass is 16.5. The fraction of sp³-hybridized carbons (Fsp3) is 0.333. The number of benzene rings is 1. The average Bonchev–Trinajstić information content (AvgIpc) is 2.16. The minimum Gasteiger partial charge on any atom is -0.496 e. The summed E-state index contributed by atoms with van der Waals surface area (Å²) in [5, 5.41) is 0. The van der Waals surface area contributed by atoms with Crippen molar-refractivity contribution in [2.75, 3.05) is 7.11 Å². The van der Waals surface area contributed by atoms with Gasteiger partial charge in [0.25, 0.3) is 0 Å². The number of rotatable bonds is 3. The molecule has 0 aliphatic rings. The lowest BCUT2D eigenvalue weighted by molar-refractivity contribution is 0.413. The Bertz CT molecular complexity index is 313. The van der Waals surface area contributed by atoms with Gasteiger partial charge in [-0.3, -0.25) is 0 Å². The summed E-state index contributed by atoms with van der Waals surface area (Å²) in [5.74, 6) is 0.923. The van der Waals surface area contributed by atoms with Crippen molar-refractivity contribution in [1.29, 1.82) is 0 Å². The largest absolute Gasteiger partial charge is 0.496 e. The van der Waals surface area contributed by atoms with Crippen molar-refractivity contribution in [2.45, 2.75) is 20.3 Å². The van der Waals surface area contributed by atoms with Crippen molar-refractivity contribution in [3.8, 4) is 5.75 Å². The van der Waals surface area contributed by atoms with Gasteiger partial charge in [-0.25, -0.2) is 0 Å². The van der Waals surface area contributed by atoms with E-state index in [1.807, 2.05) is 6.92 Å². The number of ether oxygens (including phenoxy) is 1. The molecule has 1 aromatic rings. The van der Waals surface area contributed by atoms with Gasteiger partial charge in [-0.15, -0.1) is 0 Å². The molecule has 0 radical (unpaired) electrons. The van der Waals surface area contributed by atoms with Gasteiger partial charge in [-0.05, 0) is 30.5 Å². The van der Waals surface area contributed by atoms with Crippen molar-refractivity contribution in [3.63, 3.8) is 0 Å². The summed E-state index contributed by atoms with van der Waals surface area (Å²) in [6.45, 7) is 8.03. The minimum absolute atomic E-state index is 0.923. The molecular weight excluding hydrogens is 160 g/mol. The molecule has 70 valence electrons. The Balaban J connectivity index is 3.15. The molecule has 0 N–H and O–H groups in total. The molecule has 0 bridgehead atoms. The van der Waals surface area contributed by atoms with E-state index in [0.29, 0.717) is 0 Å². The smallest absolute Gasteiger partial charge is 0.126 e. The van der Waals surface area contributed by atoms with Gasteiger partial charge in [0, 0.05) is 5.56 Å². The standard InChI is InChI=1S/C12H16O/c1-5-10-6-7-11(9(2)3)12(8-10)13-4/h6-8H,2,5H2,1,3-4H3. The van der Waals surface area contributed by atoms with Gasteiger partial charge in [-0.1, -0.05) is 25.6 Å². The lowest BCUT2D eigenvalue weighted by Crippen LogP contribution is -1.91. The number of aryl methyl sites for hydroxylation is 1. The maximum Gasteiger partial charge on any atom is 0.126 e. The highest BCUT2D eigenvalue weighted by Crippen LogP contribution is 2.25. The molecule has 0 amide bonds. The molecule has 0 fully saturated rings. The molecule has 1 heteroatoms. The van der Waals surface area contributed by atoms with E-state index in [0.717, 1.165) is 23.3 Å². The second-order valence-corrected chi connectivity index (χ2v) is 3.17. The van der Waals surface area contributed by atoms with E-state index in [1.165, 1.54) is 5.56 Å². The van der Waals surface area contributed by atoms with E-state index in [1.54, 1.807) is 7.11 Å². The summed E-state index contributed by atoms with van der Waals surface area (Å²) in [7, 11) is 1.70. The Morgan fingerprint density at radius 2 is 2.15 bits per heavy atom. The first-order valence-electron chi connectivity index (χ1n) is 4.51. The normalized spacial score (nSPS) is 9.77. The summed E-state index contributed by atoms with van der Waals surface area (Å²) in [4.78, 5) is 0. The molecule has 0 aliphatic heterocycles. The molecule has 0 spiro atoms. The molecule has 0 aliphatic carbocycles. The molecule has 0 heterocycles. The summed E-state index contributed by atoms with van der Waals surface area (Å²) < 4.78 is 5.29. The van der Waals surface area contributed by atoms with E-state index in [4.69, 9.17) is 4.74 Å². The summed E-state index contributed by atoms with van der Waals surface area (Å²) in [5.41, 5.74) is 3.43. The first-order valence-corrected chi connectivity index (χ1v) is 4.51. The predicted molar refractivity (Wildman–Crippen MR) is 57.1 cm³/mol. The summed E-state index contributed by atoms with van der Waals surface area (Å²) in [6, 6.07) is 6.26. The van der Waals surface area contributed by atoms with Crippen molar-refractivity contribution in [2.24, 2.45) is 0 Å². The third-order valence-corrected chi connectivity index (χ3v) is 2.13. The van der Waals surface area contributed by atoms with E-state index >= 15 is 0 Å². The van der Waals surface area contributed by atoms with Crippen molar-refractivity contribution < 1.29 is 4.74 Å². The first-order chi connectivity index (χ1) is 6.19. The van der Waals surface area contributed by atoms with Crippen LogP contribution >= 0.6 is 0 Å². The highest BCUT2D eigenvalue weighted by molar-refractivity contribution is 5.67. The van der Waals surface area contributed by atoms with Gasteiger partial charge in [0.1, 0.15) is 5.75 Å². The van der Waals surface area contributed by atoms with Crippen LogP contribution in [0.4, 0.5) is 0 Å². The minimum atomic E-state index is 0.923. The quantitative estimate of drug-likeness (QED) is 0.686. The van der Waals surface area contributed by atoms with Gasteiger partial charge < -0.3 is 4.74 Å². The molecule has 1 rings (SSSR count). The van der Waals surface area contributed by atoms with E-state index in [9.17, 15) is 0 Å². The molecule has 13 heavy (non-hydrogen) atoms. The molecule has 0 saturated heterocycles. The van der Waals surface area contributed by atoms with E-state index in [-0.39, 0.29) is 0 Å². The molecule has 0 unspecified atom stereocenters. The second-order valence-electron chi connectivity index (χ2n) is 3.17. The number of hydrogen-bond acceptors (Lipinski definition) is 1. The molecule has 1 aromatic carbocycles. The van der Waals surface area contributed by atoms with Crippen LogP contribution < -0.4 is 4.74 Å². The zero-order valence-electron chi connectivity index (χ0n) is 8.55. The average molecular weight is 176 g/mol. The van der Waals surface area contributed by atoms with Crippen LogP contribution in [0.5, 0.6) is 5.75 Å². The Hall–Kier alpha value is -1.24. The maximum absolute atomic E-state index is 5.29. The molecular formula is C12H16O. The Morgan fingerprint density at radius 1 is 1.46 bits per heavy atom. The SMILES string of the molecule is C=C(C)c1ccc(CC)cc1OC. The zero-order chi connectivity index (χ0) is 9.84. The highest BCUT2D eigenvalue weighted by Gasteiger charge is 2.03. The lowest BCUT2D eigenvalue weighted by atomic mass is 10.0. The van der Waals surface area contributed by atoms with Gasteiger partial charge >= 0.3 is 0 Å². The Labute approximate surface area is 80.0 Å². The molecule has 0 saturated carbocycles. The van der Waals surface area contributed by atoms with Crippen LogP contribution in [0.1, 0.15) is 25.0 Å². The second kappa shape index (κ2) is 4.13. The van der Waals surface area contributed by atoms with Gasteiger partial charge in [0.05, 0.1) is 7.11 Å². The third-order valence-electron chi connectivity index (χ3n) is 2.13. The molecule has 1 nitrogen and oxygen atoms in total. The van der Waals surface area contributed by atoms with Crippen LogP contribution in [-0.2, 0) is 6.42 Å². The molecule has 0 atom stereocenters. The zero-order valence-corrected chi connectivity index (χ0v) is 8.55. The predicted octanol–water partition coefficient (Wildman–Crippen LogP) is 3.29. The van der Waals surface area contributed by atoms with Gasteiger partial charge in [0.2, 0.25) is 0 Å². The Kier molecular flexibility index (Phi) is 3.13. The number of allylic oxidation sites excluding steroid dienone is 1. The Morgan fingerprint density at radius 3 is 2.62 bits per heavy atom. The molecule has 0 aromatic heterocycles. The van der Waals surface area contributed by atoms with Crippen LogP contribution in [0.2, 0.25) is 0 Å². The lowest BCUT2D eigenvalue weighted by Gasteiger charge is -2.09. The van der Waals surface area contributed by atoms with E-state index in [2.05, 4.69) is 31.7 Å². The van der Waals surface area contributed by atoms with Crippen LogP contribution in [0.15, 0.2) is 24.8 Å². The van der Waals surface area contributed by atoms with Crippen LogP contribution in [0, 0.1) is 0 Å². The van der Waals surface area contributed by atoms with Gasteiger partial charge in [0.15, 0.2) is 0 Å². The van der Waals surface area contributed by atoms with Gasteiger partial charge in [-0.2, -0.15) is 0 Å². The monoisotopic (exact) mass is 176 g/mol. The summed E-state index contributed by atoms with van der Waals surface area (Å²) >= 11 is 0. The number of methoxy groups -OCH3 is 1. The fourth-order valence-electron chi connectivity index (χ4n) is 1.31. The van der Waals surface area contributed by atoms with Crippen LogP contribution in [-0.4, -0.2) is 7.11 Å². The van der Waals surface area contributed by atoms with Crippen molar-refractivity contribution in [1.82, 2.24) is 0 Å². The topological polar surface area (TPSA) is 9.23 Å². The number of hydrogen-bond donors (Lipinski definition) is 0. The maximum atomic E-state index is 5.29. The third kappa shape index (κ3) is 2.11. The fourth-order valence-corrected chi connectivity index (χ4v) is 1.31.